The third-order valence-electron chi connectivity index (χ3n) is 2.00. The maximum Gasteiger partial charge on any atom is 0.207 e. The molecular weight excluding hydrogens is 114 g/mol. The molecule has 1 N–H and O–H groups in total. The molecule has 1 aliphatic carbocycles. The second-order valence-corrected chi connectivity index (χ2v) is 2.90. The van der Waals surface area contributed by atoms with Crippen molar-refractivity contribution in [2.45, 2.75) is 32.2 Å². The molecule has 0 aromatic heterocycles. The van der Waals surface area contributed by atoms with Crippen LogP contribution in [0.2, 0.25) is 0 Å². The van der Waals surface area contributed by atoms with E-state index in [1.165, 1.54) is 19.3 Å². The fourth-order valence-electron chi connectivity index (χ4n) is 1.45. The van der Waals surface area contributed by atoms with Crippen LogP contribution in [0.3, 0.4) is 0 Å². The zero-order valence-electron chi connectivity index (χ0n) is 5.76. The van der Waals surface area contributed by atoms with Gasteiger partial charge in [-0.1, -0.05) is 6.92 Å². The number of rotatable bonds is 2. The molecule has 2 atom stereocenters. The Bertz CT molecular complexity index is 103. The minimum absolute atomic E-state index is 0.470. The predicted molar refractivity (Wildman–Crippen MR) is 36.0 cm³/mol. The monoisotopic (exact) mass is 127 g/mol. The quantitative estimate of drug-likeness (QED) is 0.549. The van der Waals surface area contributed by atoms with E-state index in [1.54, 1.807) is 0 Å². The first-order valence-electron chi connectivity index (χ1n) is 3.52. The zero-order chi connectivity index (χ0) is 6.69. The Kier molecular flexibility index (Phi) is 2.09. The van der Waals surface area contributed by atoms with Crippen LogP contribution in [0, 0.1) is 5.92 Å². The molecule has 1 aliphatic rings. The Morgan fingerprint density at radius 3 is 2.78 bits per heavy atom. The van der Waals surface area contributed by atoms with Crippen molar-refractivity contribution in [1.29, 1.82) is 0 Å². The van der Waals surface area contributed by atoms with Crippen LogP contribution in [0.15, 0.2) is 0 Å². The van der Waals surface area contributed by atoms with Gasteiger partial charge in [-0.25, -0.2) is 0 Å². The van der Waals surface area contributed by atoms with Gasteiger partial charge in [0.1, 0.15) is 0 Å². The van der Waals surface area contributed by atoms with Crippen LogP contribution < -0.4 is 5.32 Å². The van der Waals surface area contributed by atoms with Gasteiger partial charge in [0.15, 0.2) is 0 Å². The van der Waals surface area contributed by atoms with Crippen LogP contribution in [-0.4, -0.2) is 12.5 Å². The average Bonchev–Trinajstić information content (AvgIpc) is 2.17. The van der Waals surface area contributed by atoms with Crippen LogP contribution in [-0.2, 0) is 4.79 Å². The standard InChI is InChI=1S/C7H13NO/c1-6-2-3-7(4-6)8-5-9/h5-7H,2-4H2,1H3,(H,8,9)/t6-,7?/m0/s1. The highest BCUT2D eigenvalue weighted by Gasteiger charge is 2.19. The van der Waals surface area contributed by atoms with E-state index < -0.39 is 0 Å². The molecule has 52 valence electrons. The number of carbonyl (C=O) groups excluding carboxylic acids is 1. The van der Waals surface area contributed by atoms with E-state index in [9.17, 15) is 4.79 Å². The molecular formula is C7H13NO. The third kappa shape index (κ3) is 1.70. The van der Waals surface area contributed by atoms with E-state index in [1.807, 2.05) is 0 Å². The van der Waals surface area contributed by atoms with Crippen molar-refractivity contribution >= 4 is 6.41 Å². The normalized spacial score (nSPS) is 34.3. The molecule has 2 nitrogen and oxygen atoms in total. The van der Waals surface area contributed by atoms with Gasteiger partial charge in [0, 0.05) is 6.04 Å². The van der Waals surface area contributed by atoms with Crippen LogP contribution in [0.25, 0.3) is 0 Å². The highest BCUT2D eigenvalue weighted by Crippen LogP contribution is 2.23. The summed E-state index contributed by atoms with van der Waals surface area (Å²) in [6.45, 7) is 2.23. The molecule has 0 saturated heterocycles. The van der Waals surface area contributed by atoms with Gasteiger partial charge in [-0.2, -0.15) is 0 Å². The van der Waals surface area contributed by atoms with E-state index in [0.717, 1.165) is 12.3 Å². The molecule has 0 heterocycles. The van der Waals surface area contributed by atoms with Gasteiger partial charge in [0.05, 0.1) is 0 Å². The number of hydrogen-bond acceptors (Lipinski definition) is 1. The molecule has 1 unspecified atom stereocenters. The molecule has 1 rings (SSSR count). The molecule has 1 saturated carbocycles. The van der Waals surface area contributed by atoms with Crippen LogP contribution in [0.4, 0.5) is 0 Å². The zero-order valence-corrected chi connectivity index (χ0v) is 5.76. The fourth-order valence-corrected chi connectivity index (χ4v) is 1.45. The Morgan fingerprint density at radius 1 is 1.56 bits per heavy atom. The van der Waals surface area contributed by atoms with Crippen molar-refractivity contribution < 1.29 is 4.79 Å². The van der Waals surface area contributed by atoms with Gasteiger partial charge in [-0.3, -0.25) is 4.79 Å². The van der Waals surface area contributed by atoms with E-state index >= 15 is 0 Å². The van der Waals surface area contributed by atoms with Crippen molar-refractivity contribution in [3.05, 3.63) is 0 Å². The number of carbonyl (C=O) groups is 1. The molecule has 0 radical (unpaired) electrons. The van der Waals surface area contributed by atoms with Gasteiger partial charge in [0.2, 0.25) is 6.41 Å². The maximum absolute atomic E-state index is 9.96. The van der Waals surface area contributed by atoms with Crippen LogP contribution >= 0.6 is 0 Å². The van der Waals surface area contributed by atoms with Crippen molar-refractivity contribution in [3.63, 3.8) is 0 Å². The maximum atomic E-state index is 9.96. The lowest BCUT2D eigenvalue weighted by Crippen LogP contribution is -2.24. The van der Waals surface area contributed by atoms with Crippen molar-refractivity contribution in [2.75, 3.05) is 0 Å². The smallest absolute Gasteiger partial charge is 0.207 e. The van der Waals surface area contributed by atoms with Crippen molar-refractivity contribution in [2.24, 2.45) is 5.92 Å². The second-order valence-electron chi connectivity index (χ2n) is 2.90. The van der Waals surface area contributed by atoms with Crippen molar-refractivity contribution in [1.82, 2.24) is 5.32 Å². The number of amides is 1. The lowest BCUT2D eigenvalue weighted by atomic mass is 10.1. The van der Waals surface area contributed by atoms with Gasteiger partial charge in [-0.15, -0.1) is 0 Å². The highest BCUT2D eigenvalue weighted by molar-refractivity contribution is 5.46. The van der Waals surface area contributed by atoms with Crippen molar-refractivity contribution in [3.8, 4) is 0 Å². The van der Waals surface area contributed by atoms with Crippen LogP contribution in [0.5, 0.6) is 0 Å². The molecule has 2 heteroatoms. The topological polar surface area (TPSA) is 29.1 Å². The lowest BCUT2D eigenvalue weighted by molar-refractivity contribution is -0.110. The summed E-state index contributed by atoms with van der Waals surface area (Å²) in [5.74, 6) is 0.808. The highest BCUT2D eigenvalue weighted by atomic mass is 16.1. The predicted octanol–water partition coefficient (Wildman–Crippen LogP) is 0.921. The third-order valence-corrected chi connectivity index (χ3v) is 2.00. The van der Waals surface area contributed by atoms with Gasteiger partial charge in [-0.05, 0) is 25.2 Å². The van der Waals surface area contributed by atoms with E-state index in [0.29, 0.717) is 6.04 Å². The summed E-state index contributed by atoms with van der Waals surface area (Å²) in [5.41, 5.74) is 0. The first-order valence-corrected chi connectivity index (χ1v) is 3.52. The van der Waals surface area contributed by atoms with E-state index in [4.69, 9.17) is 0 Å². The molecule has 9 heavy (non-hydrogen) atoms. The molecule has 1 amide bonds. The molecule has 0 bridgehead atoms. The van der Waals surface area contributed by atoms with Gasteiger partial charge < -0.3 is 5.32 Å². The number of nitrogens with one attached hydrogen (secondary N) is 1. The Labute approximate surface area is 55.6 Å². The number of hydrogen-bond donors (Lipinski definition) is 1. The fraction of sp³-hybridized carbons (Fsp3) is 0.857. The molecule has 1 fully saturated rings. The summed E-state index contributed by atoms with van der Waals surface area (Å²) < 4.78 is 0. The van der Waals surface area contributed by atoms with Gasteiger partial charge in [0.25, 0.3) is 0 Å². The second kappa shape index (κ2) is 2.85. The average molecular weight is 127 g/mol. The summed E-state index contributed by atoms with van der Waals surface area (Å²) in [5, 5.41) is 2.79. The van der Waals surface area contributed by atoms with Crippen LogP contribution in [0.1, 0.15) is 26.2 Å². The summed E-state index contributed by atoms with van der Waals surface area (Å²) in [7, 11) is 0. The SMILES string of the molecule is C[C@H]1CCC(NC=O)C1. The first-order chi connectivity index (χ1) is 4.33. The Morgan fingerprint density at radius 2 is 2.33 bits per heavy atom. The van der Waals surface area contributed by atoms with Gasteiger partial charge >= 0.3 is 0 Å². The van der Waals surface area contributed by atoms with E-state index in [2.05, 4.69) is 12.2 Å². The minimum Gasteiger partial charge on any atom is -0.356 e. The molecule has 0 spiro atoms. The lowest BCUT2D eigenvalue weighted by Gasteiger charge is -2.05. The summed E-state index contributed by atoms with van der Waals surface area (Å²) in [4.78, 5) is 9.96. The molecule has 0 aliphatic heterocycles. The Hall–Kier alpha value is -0.530. The summed E-state index contributed by atoms with van der Waals surface area (Å²) in [6.07, 6.45) is 4.41. The summed E-state index contributed by atoms with van der Waals surface area (Å²) in [6, 6.07) is 0.470. The molecule has 0 aromatic rings. The summed E-state index contributed by atoms with van der Waals surface area (Å²) >= 11 is 0. The Balaban J connectivity index is 2.21. The first kappa shape index (κ1) is 6.59. The minimum atomic E-state index is 0.470. The largest absolute Gasteiger partial charge is 0.356 e. The van der Waals surface area contributed by atoms with E-state index in [-0.39, 0.29) is 0 Å². The molecule has 0 aromatic carbocycles.